The second-order valence-corrected chi connectivity index (χ2v) is 6.92. The van der Waals surface area contributed by atoms with E-state index in [0.717, 1.165) is 16.7 Å². The Balaban J connectivity index is 1.95. The van der Waals surface area contributed by atoms with Crippen molar-refractivity contribution in [3.8, 4) is 5.69 Å². The number of thioether (sulfide) groups is 1. The number of amides is 1. The molecule has 0 aliphatic carbocycles. The molecule has 1 fully saturated rings. The van der Waals surface area contributed by atoms with Gasteiger partial charge < -0.3 is 9.67 Å². The van der Waals surface area contributed by atoms with Gasteiger partial charge in [0.05, 0.1) is 15.5 Å². The summed E-state index contributed by atoms with van der Waals surface area (Å²) in [6.07, 6.45) is 3.29. The van der Waals surface area contributed by atoms with E-state index in [1.54, 1.807) is 41.1 Å². The van der Waals surface area contributed by atoms with Crippen LogP contribution < -0.4 is 0 Å². The van der Waals surface area contributed by atoms with Gasteiger partial charge in [-0.05, 0) is 24.3 Å². The van der Waals surface area contributed by atoms with Crippen molar-refractivity contribution in [1.29, 1.82) is 0 Å². The number of carboxylic acid groups (broad SMARTS) is 1. The number of nitrogens with zero attached hydrogens (tertiary/aromatic N) is 3. The van der Waals surface area contributed by atoms with Gasteiger partial charge in [-0.2, -0.15) is 0 Å². The van der Waals surface area contributed by atoms with E-state index in [0.29, 0.717) is 16.3 Å². The van der Waals surface area contributed by atoms with Crippen LogP contribution in [0.5, 0.6) is 0 Å². The molecule has 0 unspecified atom stereocenters. The smallest absolute Gasteiger partial charge is 0.323 e. The van der Waals surface area contributed by atoms with Crippen LogP contribution in [0, 0.1) is 10.1 Å². The Morgan fingerprint density at radius 3 is 2.81 bits per heavy atom. The molecule has 132 valence electrons. The predicted octanol–water partition coefficient (Wildman–Crippen LogP) is 2.67. The Morgan fingerprint density at radius 2 is 2.12 bits per heavy atom. The number of carboxylic acids is 1. The van der Waals surface area contributed by atoms with Gasteiger partial charge in [0.25, 0.3) is 11.6 Å². The van der Waals surface area contributed by atoms with Gasteiger partial charge in [0.1, 0.15) is 10.9 Å². The quantitative estimate of drug-likeness (QED) is 0.363. The maximum Gasteiger partial charge on any atom is 0.323 e. The Kier molecular flexibility index (Phi) is 4.87. The summed E-state index contributed by atoms with van der Waals surface area (Å²) in [6.45, 7) is -0.492. The highest BCUT2D eigenvalue weighted by atomic mass is 32.2. The standard InChI is InChI=1S/C16H11N3O5S2/c20-14(21)9-18-15(22)13(26-16(18)25)8-11-5-2-6-17(11)10-3-1-4-12(7-10)19(23)24/h1-8H,9H2,(H,20,21)/b13-8-. The molecule has 1 aliphatic heterocycles. The molecule has 1 saturated heterocycles. The first kappa shape index (κ1) is 17.8. The first-order chi connectivity index (χ1) is 12.4. The van der Waals surface area contributed by atoms with Gasteiger partial charge in [0, 0.05) is 24.0 Å². The van der Waals surface area contributed by atoms with Crippen LogP contribution in [0.1, 0.15) is 5.69 Å². The lowest BCUT2D eigenvalue weighted by Gasteiger charge is -2.10. The number of aliphatic carboxylic acids is 1. The number of hydrogen-bond acceptors (Lipinski definition) is 6. The predicted molar refractivity (Wildman–Crippen MR) is 99.9 cm³/mol. The summed E-state index contributed by atoms with van der Waals surface area (Å²) in [6, 6.07) is 9.57. The lowest BCUT2D eigenvalue weighted by molar-refractivity contribution is -0.384. The van der Waals surface area contributed by atoms with Crippen LogP contribution >= 0.6 is 24.0 Å². The summed E-state index contributed by atoms with van der Waals surface area (Å²) in [4.78, 5) is 35.0. The van der Waals surface area contributed by atoms with E-state index < -0.39 is 23.3 Å². The van der Waals surface area contributed by atoms with Crippen molar-refractivity contribution < 1.29 is 19.6 Å². The van der Waals surface area contributed by atoms with E-state index in [2.05, 4.69) is 0 Å². The fourth-order valence-corrected chi connectivity index (χ4v) is 3.65. The molecule has 1 N–H and O–H groups in total. The summed E-state index contributed by atoms with van der Waals surface area (Å²) in [5, 5.41) is 19.8. The van der Waals surface area contributed by atoms with Crippen LogP contribution in [0.4, 0.5) is 5.69 Å². The summed E-state index contributed by atoms with van der Waals surface area (Å²) >= 11 is 6.08. The van der Waals surface area contributed by atoms with E-state index in [1.165, 1.54) is 12.1 Å². The SMILES string of the molecule is O=C(O)CN1C(=O)/C(=C/c2cccn2-c2cccc([N+](=O)[O-])c2)SC1=S. The molecule has 1 aromatic heterocycles. The van der Waals surface area contributed by atoms with Crippen molar-refractivity contribution in [1.82, 2.24) is 9.47 Å². The molecule has 8 nitrogen and oxygen atoms in total. The van der Waals surface area contributed by atoms with E-state index in [9.17, 15) is 19.7 Å². The van der Waals surface area contributed by atoms with Crippen molar-refractivity contribution >= 4 is 51.9 Å². The van der Waals surface area contributed by atoms with E-state index in [1.807, 2.05) is 0 Å². The molecule has 26 heavy (non-hydrogen) atoms. The summed E-state index contributed by atoms with van der Waals surface area (Å²) < 4.78 is 1.87. The minimum atomic E-state index is -1.15. The molecule has 1 amide bonds. The van der Waals surface area contributed by atoms with Gasteiger partial charge in [0.15, 0.2) is 0 Å². The van der Waals surface area contributed by atoms with Gasteiger partial charge in [-0.15, -0.1) is 0 Å². The van der Waals surface area contributed by atoms with E-state index >= 15 is 0 Å². The number of hydrogen-bond donors (Lipinski definition) is 1. The van der Waals surface area contributed by atoms with Crippen molar-refractivity contribution in [2.75, 3.05) is 6.54 Å². The normalized spacial score (nSPS) is 15.7. The number of nitro benzene ring substituents is 1. The highest BCUT2D eigenvalue weighted by Gasteiger charge is 2.33. The number of carbonyl (C=O) groups is 2. The van der Waals surface area contributed by atoms with Crippen molar-refractivity contribution in [2.24, 2.45) is 0 Å². The van der Waals surface area contributed by atoms with Crippen molar-refractivity contribution in [2.45, 2.75) is 0 Å². The summed E-state index contributed by atoms with van der Waals surface area (Å²) in [5.74, 6) is -1.63. The zero-order valence-corrected chi connectivity index (χ0v) is 14.7. The molecule has 0 radical (unpaired) electrons. The monoisotopic (exact) mass is 389 g/mol. The number of nitro groups is 1. The van der Waals surface area contributed by atoms with Crippen LogP contribution in [0.2, 0.25) is 0 Å². The van der Waals surface area contributed by atoms with Crippen LogP contribution in [-0.4, -0.2) is 42.2 Å². The second kappa shape index (κ2) is 7.10. The lowest BCUT2D eigenvalue weighted by Crippen LogP contribution is -2.33. The van der Waals surface area contributed by atoms with Crippen LogP contribution in [-0.2, 0) is 9.59 Å². The zero-order valence-electron chi connectivity index (χ0n) is 13.1. The lowest BCUT2D eigenvalue weighted by atomic mass is 10.2. The van der Waals surface area contributed by atoms with Gasteiger partial charge in [-0.25, -0.2) is 0 Å². The third-order valence-corrected chi connectivity index (χ3v) is 4.92. The van der Waals surface area contributed by atoms with Gasteiger partial charge in [-0.1, -0.05) is 30.0 Å². The maximum absolute atomic E-state index is 12.4. The first-order valence-electron chi connectivity index (χ1n) is 7.26. The fraction of sp³-hybridized carbons (Fsp3) is 0.0625. The molecule has 0 saturated carbocycles. The fourth-order valence-electron chi connectivity index (χ4n) is 2.41. The zero-order chi connectivity index (χ0) is 18.8. The number of rotatable bonds is 5. The van der Waals surface area contributed by atoms with Gasteiger partial charge in [-0.3, -0.25) is 24.6 Å². The molecule has 1 aromatic carbocycles. The van der Waals surface area contributed by atoms with E-state index in [4.69, 9.17) is 17.3 Å². The molecule has 0 bridgehead atoms. The molecule has 0 spiro atoms. The number of thiocarbonyl (C=S) groups is 1. The highest BCUT2D eigenvalue weighted by Crippen LogP contribution is 2.33. The number of carbonyl (C=O) groups excluding carboxylic acids is 1. The number of benzene rings is 1. The van der Waals surface area contributed by atoms with Crippen molar-refractivity contribution in [3.05, 3.63) is 63.3 Å². The molecule has 0 atom stereocenters. The van der Waals surface area contributed by atoms with Crippen LogP contribution in [0.25, 0.3) is 11.8 Å². The summed E-state index contributed by atoms with van der Waals surface area (Å²) in [5.41, 5.74) is 1.13. The molecule has 3 rings (SSSR count). The molecule has 1 aliphatic rings. The van der Waals surface area contributed by atoms with E-state index in [-0.39, 0.29) is 10.0 Å². The molecule has 2 heterocycles. The van der Waals surface area contributed by atoms with Crippen LogP contribution in [0.3, 0.4) is 0 Å². The minimum absolute atomic E-state index is 0.0464. The molecule has 10 heteroatoms. The Hall–Kier alpha value is -2.98. The Bertz CT molecular complexity index is 966. The average molecular weight is 389 g/mol. The number of aromatic nitrogens is 1. The minimum Gasteiger partial charge on any atom is -0.480 e. The summed E-state index contributed by atoms with van der Waals surface area (Å²) in [7, 11) is 0. The first-order valence-corrected chi connectivity index (χ1v) is 8.48. The number of non-ortho nitro benzene ring substituents is 1. The van der Waals surface area contributed by atoms with Crippen molar-refractivity contribution in [3.63, 3.8) is 0 Å². The Labute approximate surface area is 156 Å². The second-order valence-electron chi connectivity index (χ2n) is 5.24. The topological polar surface area (TPSA) is 106 Å². The molecular weight excluding hydrogens is 378 g/mol. The van der Waals surface area contributed by atoms with Gasteiger partial charge >= 0.3 is 5.97 Å². The largest absolute Gasteiger partial charge is 0.480 e. The molecular formula is C16H11N3O5S2. The maximum atomic E-state index is 12.4. The molecule has 2 aromatic rings. The third-order valence-electron chi connectivity index (χ3n) is 3.54. The average Bonchev–Trinajstić information content (AvgIpc) is 3.15. The highest BCUT2D eigenvalue weighted by molar-refractivity contribution is 8.26. The Morgan fingerprint density at radius 1 is 1.35 bits per heavy atom. The van der Waals surface area contributed by atoms with Gasteiger partial charge in [0.2, 0.25) is 0 Å². The third kappa shape index (κ3) is 3.51. The van der Waals surface area contributed by atoms with Crippen LogP contribution in [0.15, 0.2) is 47.5 Å².